The fourth-order valence-electron chi connectivity index (χ4n) is 0.716. The molecule has 0 fully saturated rings. The molecule has 0 aliphatic carbocycles. The van der Waals surface area contributed by atoms with E-state index in [1.54, 1.807) is 0 Å². The van der Waals surface area contributed by atoms with Crippen molar-refractivity contribution in [2.45, 2.75) is 13.3 Å². The molecule has 5 nitrogen and oxygen atoms in total. The van der Waals surface area contributed by atoms with Crippen LogP contribution in [0.25, 0.3) is 0 Å². The van der Waals surface area contributed by atoms with Crippen molar-refractivity contribution in [2.75, 3.05) is 13.2 Å². The normalized spacial score (nSPS) is 11.5. The maximum atomic E-state index is 11.1. The van der Waals surface area contributed by atoms with Crippen molar-refractivity contribution in [1.82, 2.24) is 5.32 Å². The molecule has 0 aromatic rings. The molecule has 1 unspecified atom stereocenters. The van der Waals surface area contributed by atoms with Gasteiger partial charge in [0.15, 0.2) is 0 Å². The first-order valence-electron chi connectivity index (χ1n) is 4.32. The van der Waals surface area contributed by atoms with E-state index in [0.717, 1.165) is 0 Å². The van der Waals surface area contributed by atoms with Gasteiger partial charge in [-0.15, -0.1) is 0 Å². The number of ether oxygens (including phenoxy) is 1. The van der Waals surface area contributed by atoms with Crippen molar-refractivity contribution in [1.29, 1.82) is 0 Å². The van der Waals surface area contributed by atoms with E-state index in [4.69, 9.17) is 9.84 Å². The van der Waals surface area contributed by atoms with Crippen LogP contribution in [0.15, 0.2) is 12.8 Å². The van der Waals surface area contributed by atoms with Crippen LogP contribution in [0.4, 0.5) is 0 Å². The first kappa shape index (κ1) is 12.5. The molecular weight excluding hydrogens is 186 g/mol. The van der Waals surface area contributed by atoms with Gasteiger partial charge < -0.3 is 15.2 Å². The van der Waals surface area contributed by atoms with Crippen LogP contribution >= 0.6 is 0 Å². The molecule has 0 aliphatic heterocycles. The van der Waals surface area contributed by atoms with E-state index in [0.29, 0.717) is 19.6 Å². The van der Waals surface area contributed by atoms with Crippen molar-refractivity contribution in [2.24, 2.45) is 5.92 Å². The molecule has 1 atom stereocenters. The molecule has 0 saturated heterocycles. The lowest BCUT2D eigenvalue weighted by molar-refractivity contribution is -0.146. The minimum Gasteiger partial charge on any atom is -0.502 e. The highest BCUT2D eigenvalue weighted by molar-refractivity contribution is 5.96. The summed E-state index contributed by atoms with van der Waals surface area (Å²) in [6, 6.07) is 0. The summed E-state index contributed by atoms with van der Waals surface area (Å²) in [5.41, 5.74) is 0. The molecule has 0 bridgehead atoms. The van der Waals surface area contributed by atoms with E-state index in [1.807, 2.05) is 0 Å². The van der Waals surface area contributed by atoms with Gasteiger partial charge in [0.25, 0.3) is 0 Å². The van der Waals surface area contributed by atoms with Gasteiger partial charge in [0.2, 0.25) is 5.91 Å². The zero-order valence-corrected chi connectivity index (χ0v) is 8.16. The van der Waals surface area contributed by atoms with E-state index in [1.165, 1.54) is 13.2 Å². The number of hydrogen-bond acceptors (Lipinski definition) is 3. The molecule has 0 rings (SSSR count). The smallest absolute Gasteiger partial charge is 0.315 e. The van der Waals surface area contributed by atoms with Crippen molar-refractivity contribution in [3.8, 4) is 0 Å². The molecule has 2 N–H and O–H groups in total. The molecule has 0 aromatic carbocycles. The molecule has 0 aliphatic rings. The molecule has 0 aromatic heterocycles. The Morgan fingerprint density at radius 3 is 2.79 bits per heavy atom. The maximum Gasteiger partial charge on any atom is 0.315 e. The molecule has 5 heteroatoms. The number of rotatable bonds is 7. The standard InChI is InChI=1S/C9H15NO4/c1-3-14-6-4-5-10-8(11)7(2)9(12)13/h3,7H,1,4-6H2,2H3,(H,10,11)(H,12,13). The molecule has 14 heavy (non-hydrogen) atoms. The van der Waals surface area contributed by atoms with Crippen LogP contribution in [0.5, 0.6) is 0 Å². The van der Waals surface area contributed by atoms with Gasteiger partial charge in [-0.1, -0.05) is 6.58 Å². The third-order valence-corrected chi connectivity index (χ3v) is 1.62. The number of amides is 1. The van der Waals surface area contributed by atoms with E-state index < -0.39 is 17.8 Å². The van der Waals surface area contributed by atoms with E-state index in [2.05, 4.69) is 11.9 Å². The second-order valence-electron chi connectivity index (χ2n) is 2.74. The van der Waals surface area contributed by atoms with Crippen LogP contribution in [0.3, 0.4) is 0 Å². The quantitative estimate of drug-likeness (QED) is 0.354. The lowest BCUT2D eigenvalue weighted by Gasteiger charge is -2.07. The van der Waals surface area contributed by atoms with Crippen LogP contribution in [0, 0.1) is 5.92 Å². The highest BCUT2D eigenvalue weighted by atomic mass is 16.5. The van der Waals surface area contributed by atoms with Crippen LogP contribution in [0.1, 0.15) is 13.3 Å². The topological polar surface area (TPSA) is 75.6 Å². The first-order chi connectivity index (χ1) is 6.59. The predicted octanol–water partition coefficient (Wildman–Crippen LogP) is 0.373. The van der Waals surface area contributed by atoms with Crippen LogP contribution in [-0.4, -0.2) is 30.1 Å². The Labute approximate surface area is 82.7 Å². The Morgan fingerprint density at radius 1 is 1.64 bits per heavy atom. The predicted molar refractivity (Wildman–Crippen MR) is 50.6 cm³/mol. The van der Waals surface area contributed by atoms with Gasteiger partial charge in [0, 0.05) is 6.54 Å². The van der Waals surface area contributed by atoms with Crippen LogP contribution < -0.4 is 5.32 Å². The number of nitrogens with one attached hydrogen (secondary N) is 1. The molecule has 0 spiro atoms. The van der Waals surface area contributed by atoms with Crippen molar-refractivity contribution >= 4 is 11.9 Å². The minimum atomic E-state index is -1.12. The van der Waals surface area contributed by atoms with Crippen molar-refractivity contribution < 1.29 is 19.4 Å². The lowest BCUT2D eigenvalue weighted by Crippen LogP contribution is -2.34. The number of carboxylic acids is 1. The average molecular weight is 201 g/mol. The molecular formula is C9H15NO4. The SMILES string of the molecule is C=COCCCNC(=O)C(C)C(=O)O. The summed E-state index contributed by atoms with van der Waals surface area (Å²) < 4.78 is 4.82. The monoisotopic (exact) mass is 201 g/mol. The summed E-state index contributed by atoms with van der Waals surface area (Å²) in [7, 11) is 0. The maximum absolute atomic E-state index is 11.1. The Bertz CT molecular complexity index is 215. The summed E-state index contributed by atoms with van der Waals surface area (Å²) in [6.07, 6.45) is 1.95. The number of carbonyl (C=O) groups excluding carboxylic acids is 1. The second-order valence-corrected chi connectivity index (χ2v) is 2.74. The summed E-state index contributed by atoms with van der Waals surface area (Å²) in [5, 5.41) is 11.0. The highest BCUT2D eigenvalue weighted by Crippen LogP contribution is 1.94. The third-order valence-electron chi connectivity index (χ3n) is 1.62. The van der Waals surface area contributed by atoms with Crippen molar-refractivity contribution in [3.63, 3.8) is 0 Å². The van der Waals surface area contributed by atoms with Gasteiger partial charge in [-0.3, -0.25) is 9.59 Å². The Morgan fingerprint density at radius 2 is 2.29 bits per heavy atom. The van der Waals surface area contributed by atoms with E-state index >= 15 is 0 Å². The summed E-state index contributed by atoms with van der Waals surface area (Å²) in [6.45, 7) is 5.57. The fraction of sp³-hybridized carbons (Fsp3) is 0.556. The molecule has 80 valence electrons. The van der Waals surface area contributed by atoms with Crippen LogP contribution in [-0.2, 0) is 14.3 Å². The number of aliphatic carboxylic acids is 1. The Balaban J connectivity index is 3.53. The fourth-order valence-corrected chi connectivity index (χ4v) is 0.716. The summed E-state index contributed by atoms with van der Waals surface area (Å²) >= 11 is 0. The summed E-state index contributed by atoms with van der Waals surface area (Å²) in [4.78, 5) is 21.4. The van der Waals surface area contributed by atoms with Gasteiger partial charge in [0.1, 0.15) is 5.92 Å². The minimum absolute atomic E-state index is 0.407. The molecule has 0 saturated carbocycles. The van der Waals surface area contributed by atoms with Gasteiger partial charge in [-0.05, 0) is 13.3 Å². The van der Waals surface area contributed by atoms with E-state index in [9.17, 15) is 9.59 Å². The number of carbonyl (C=O) groups is 2. The largest absolute Gasteiger partial charge is 0.502 e. The zero-order chi connectivity index (χ0) is 11.0. The number of hydrogen-bond donors (Lipinski definition) is 2. The molecule has 0 radical (unpaired) electrons. The van der Waals surface area contributed by atoms with Gasteiger partial charge in [0.05, 0.1) is 12.9 Å². The Kier molecular flexibility index (Phi) is 6.19. The van der Waals surface area contributed by atoms with Crippen molar-refractivity contribution in [3.05, 3.63) is 12.8 Å². The molecule has 0 heterocycles. The van der Waals surface area contributed by atoms with E-state index in [-0.39, 0.29) is 0 Å². The Hall–Kier alpha value is -1.52. The summed E-state index contributed by atoms with van der Waals surface area (Å²) in [5.74, 6) is -2.60. The van der Waals surface area contributed by atoms with Gasteiger partial charge >= 0.3 is 5.97 Å². The van der Waals surface area contributed by atoms with Crippen LogP contribution in [0.2, 0.25) is 0 Å². The highest BCUT2D eigenvalue weighted by Gasteiger charge is 2.19. The van der Waals surface area contributed by atoms with Gasteiger partial charge in [-0.2, -0.15) is 0 Å². The molecule has 1 amide bonds. The second kappa shape index (κ2) is 6.94. The third kappa shape index (κ3) is 5.18. The first-order valence-corrected chi connectivity index (χ1v) is 4.32. The number of carboxylic acid groups (broad SMARTS) is 1. The average Bonchev–Trinajstić information content (AvgIpc) is 2.16. The lowest BCUT2D eigenvalue weighted by atomic mass is 10.2. The van der Waals surface area contributed by atoms with Gasteiger partial charge in [-0.25, -0.2) is 0 Å². The zero-order valence-electron chi connectivity index (χ0n) is 8.16.